The van der Waals surface area contributed by atoms with E-state index in [2.05, 4.69) is 15.6 Å². The van der Waals surface area contributed by atoms with Crippen LogP contribution in [0.5, 0.6) is 0 Å². The Bertz CT molecular complexity index is 437. The Morgan fingerprint density at radius 3 is 2.71 bits per heavy atom. The maximum atomic E-state index is 12.1. The molecule has 5 nitrogen and oxygen atoms in total. The number of hydrogen-bond donors (Lipinski definition) is 3. The third kappa shape index (κ3) is 4.70. The lowest BCUT2D eigenvalue weighted by Crippen LogP contribution is -2.25. The third-order valence-electron chi connectivity index (χ3n) is 4.07. The summed E-state index contributed by atoms with van der Waals surface area (Å²) < 4.78 is 0. The Hall–Kier alpha value is -1.62. The first-order chi connectivity index (χ1) is 10.2. The maximum Gasteiger partial charge on any atom is 0.227 e. The zero-order valence-electron chi connectivity index (χ0n) is 12.6. The minimum absolute atomic E-state index is 0.0141. The number of aliphatic hydroxyl groups excluding tert-OH is 1. The second kappa shape index (κ2) is 7.98. The first-order valence-electron chi connectivity index (χ1n) is 7.87. The molecular weight excluding hydrogens is 266 g/mol. The number of pyridine rings is 1. The molecule has 116 valence electrons. The minimum Gasteiger partial charge on any atom is -0.394 e. The molecule has 5 heteroatoms. The number of nitrogens with zero attached hydrogens (tertiary/aromatic N) is 1. The van der Waals surface area contributed by atoms with Gasteiger partial charge in [-0.2, -0.15) is 0 Å². The maximum absolute atomic E-state index is 12.1. The van der Waals surface area contributed by atoms with Crippen molar-refractivity contribution in [3.05, 3.63) is 18.3 Å². The number of amides is 1. The van der Waals surface area contributed by atoms with Crippen LogP contribution in [0, 0.1) is 5.92 Å². The van der Waals surface area contributed by atoms with Crippen LogP contribution in [0.15, 0.2) is 18.3 Å². The van der Waals surface area contributed by atoms with E-state index < -0.39 is 0 Å². The summed E-state index contributed by atoms with van der Waals surface area (Å²) in [7, 11) is 0. The van der Waals surface area contributed by atoms with E-state index in [1.807, 2.05) is 19.1 Å². The number of carbonyl (C=O) groups is 1. The molecule has 1 unspecified atom stereocenters. The van der Waals surface area contributed by atoms with Crippen molar-refractivity contribution >= 4 is 17.4 Å². The third-order valence-corrected chi connectivity index (χ3v) is 4.07. The molecule has 1 aromatic heterocycles. The molecule has 0 saturated heterocycles. The lowest BCUT2D eigenvalue weighted by atomic mass is 9.88. The van der Waals surface area contributed by atoms with Gasteiger partial charge in [-0.05, 0) is 31.4 Å². The highest BCUT2D eigenvalue weighted by Gasteiger charge is 2.21. The summed E-state index contributed by atoms with van der Waals surface area (Å²) in [6.07, 6.45) is 8.03. The van der Waals surface area contributed by atoms with Gasteiger partial charge in [-0.1, -0.05) is 26.2 Å². The van der Waals surface area contributed by atoms with Crippen LogP contribution in [0.2, 0.25) is 0 Å². The highest BCUT2D eigenvalue weighted by atomic mass is 16.3. The highest BCUT2D eigenvalue weighted by molar-refractivity contribution is 5.92. The van der Waals surface area contributed by atoms with Crippen molar-refractivity contribution in [3.63, 3.8) is 0 Å². The number of rotatable bonds is 6. The molecule has 1 atom stereocenters. The van der Waals surface area contributed by atoms with Gasteiger partial charge in [0.05, 0.1) is 24.5 Å². The number of anilines is 2. The second-order valence-corrected chi connectivity index (χ2v) is 5.69. The van der Waals surface area contributed by atoms with Crippen molar-refractivity contribution in [1.82, 2.24) is 4.98 Å². The summed E-state index contributed by atoms with van der Waals surface area (Å²) in [5.74, 6) is 0.973. The van der Waals surface area contributed by atoms with Crippen molar-refractivity contribution in [2.24, 2.45) is 5.92 Å². The molecule has 1 aromatic rings. The van der Waals surface area contributed by atoms with Crippen LogP contribution in [-0.2, 0) is 4.79 Å². The molecule has 1 aliphatic carbocycles. The number of hydrogen-bond acceptors (Lipinski definition) is 4. The molecule has 21 heavy (non-hydrogen) atoms. The van der Waals surface area contributed by atoms with Crippen molar-refractivity contribution in [3.8, 4) is 0 Å². The molecule has 1 heterocycles. The van der Waals surface area contributed by atoms with Crippen LogP contribution in [0.4, 0.5) is 11.5 Å². The van der Waals surface area contributed by atoms with Crippen LogP contribution in [0.3, 0.4) is 0 Å². The normalized spacial score (nSPS) is 17.2. The fourth-order valence-electron chi connectivity index (χ4n) is 2.65. The van der Waals surface area contributed by atoms with Gasteiger partial charge in [0.1, 0.15) is 5.82 Å². The molecular formula is C16H25N3O2. The molecule has 0 spiro atoms. The number of nitrogens with one attached hydrogen (secondary N) is 2. The quantitative estimate of drug-likeness (QED) is 0.753. The largest absolute Gasteiger partial charge is 0.394 e. The van der Waals surface area contributed by atoms with Crippen LogP contribution in [-0.4, -0.2) is 28.6 Å². The SMILES string of the molecule is CCC(CO)Nc1ccc(NC(=O)C2CCCCC2)cn1. The minimum atomic E-state index is 0.0141. The average Bonchev–Trinajstić information content (AvgIpc) is 2.55. The van der Waals surface area contributed by atoms with E-state index in [0.29, 0.717) is 5.82 Å². The summed E-state index contributed by atoms with van der Waals surface area (Å²) in [5, 5.41) is 15.2. The van der Waals surface area contributed by atoms with E-state index in [9.17, 15) is 4.79 Å². The first kappa shape index (κ1) is 15.8. The Labute approximate surface area is 126 Å². The Balaban J connectivity index is 1.88. The topological polar surface area (TPSA) is 74.2 Å². The molecule has 1 saturated carbocycles. The fourth-order valence-corrected chi connectivity index (χ4v) is 2.65. The van der Waals surface area contributed by atoms with Gasteiger partial charge < -0.3 is 15.7 Å². The van der Waals surface area contributed by atoms with Crippen molar-refractivity contribution in [2.75, 3.05) is 17.2 Å². The lowest BCUT2D eigenvalue weighted by molar-refractivity contribution is -0.120. The monoisotopic (exact) mass is 291 g/mol. The van der Waals surface area contributed by atoms with E-state index in [-0.39, 0.29) is 24.5 Å². The highest BCUT2D eigenvalue weighted by Crippen LogP contribution is 2.25. The molecule has 2 rings (SSSR count). The second-order valence-electron chi connectivity index (χ2n) is 5.69. The van der Waals surface area contributed by atoms with E-state index >= 15 is 0 Å². The molecule has 1 fully saturated rings. The van der Waals surface area contributed by atoms with Crippen LogP contribution >= 0.6 is 0 Å². The molecule has 0 radical (unpaired) electrons. The van der Waals surface area contributed by atoms with Gasteiger partial charge in [0.25, 0.3) is 0 Å². The Morgan fingerprint density at radius 2 is 2.14 bits per heavy atom. The lowest BCUT2D eigenvalue weighted by Gasteiger charge is -2.20. The molecule has 1 aliphatic rings. The van der Waals surface area contributed by atoms with Gasteiger partial charge in [0.2, 0.25) is 5.91 Å². The van der Waals surface area contributed by atoms with Crippen molar-refractivity contribution in [1.29, 1.82) is 0 Å². The fraction of sp³-hybridized carbons (Fsp3) is 0.625. The zero-order valence-corrected chi connectivity index (χ0v) is 12.6. The van der Waals surface area contributed by atoms with E-state index in [4.69, 9.17) is 5.11 Å². The van der Waals surface area contributed by atoms with Crippen molar-refractivity contribution < 1.29 is 9.90 Å². The van der Waals surface area contributed by atoms with Gasteiger partial charge >= 0.3 is 0 Å². The zero-order chi connectivity index (χ0) is 15.1. The standard InChI is InChI=1S/C16H25N3O2/c1-2-13(11-20)18-15-9-8-14(10-17-15)19-16(21)12-6-4-3-5-7-12/h8-10,12-13,20H,2-7,11H2,1H3,(H,17,18)(H,19,21). The van der Waals surface area contributed by atoms with E-state index in [0.717, 1.165) is 37.8 Å². The van der Waals surface area contributed by atoms with E-state index in [1.54, 1.807) is 6.20 Å². The summed E-state index contributed by atoms with van der Waals surface area (Å²) >= 11 is 0. The van der Waals surface area contributed by atoms with E-state index in [1.165, 1.54) is 6.42 Å². The van der Waals surface area contributed by atoms with Crippen LogP contribution in [0.25, 0.3) is 0 Å². The Morgan fingerprint density at radius 1 is 1.38 bits per heavy atom. The average molecular weight is 291 g/mol. The summed E-state index contributed by atoms with van der Waals surface area (Å²) in [6, 6.07) is 3.69. The predicted molar refractivity (Wildman–Crippen MR) is 84.2 cm³/mol. The smallest absolute Gasteiger partial charge is 0.227 e. The summed E-state index contributed by atoms with van der Waals surface area (Å²) in [5.41, 5.74) is 0.730. The molecule has 1 amide bonds. The number of aromatic nitrogens is 1. The Kier molecular flexibility index (Phi) is 5.99. The van der Waals surface area contributed by atoms with Gasteiger partial charge in [-0.25, -0.2) is 4.98 Å². The van der Waals surface area contributed by atoms with Gasteiger partial charge in [-0.3, -0.25) is 4.79 Å². The molecule has 3 N–H and O–H groups in total. The summed E-state index contributed by atoms with van der Waals surface area (Å²) in [4.78, 5) is 16.4. The van der Waals surface area contributed by atoms with Gasteiger partial charge in [0, 0.05) is 5.92 Å². The van der Waals surface area contributed by atoms with Crippen LogP contribution in [0.1, 0.15) is 45.4 Å². The predicted octanol–water partition coefficient (Wildman–Crippen LogP) is 2.78. The number of aliphatic hydroxyl groups is 1. The number of carbonyl (C=O) groups excluding carboxylic acids is 1. The summed E-state index contributed by atoms with van der Waals surface area (Å²) in [6.45, 7) is 2.09. The van der Waals surface area contributed by atoms with Gasteiger partial charge in [0.15, 0.2) is 0 Å². The first-order valence-corrected chi connectivity index (χ1v) is 7.87. The molecule has 0 aliphatic heterocycles. The molecule has 0 aromatic carbocycles. The van der Waals surface area contributed by atoms with Gasteiger partial charge in [-0.15, -0.1) is 0 Å². The molecule has 0 bridgehead atoms. The van der Waals surface area contributed by atoms with Crippen molar-refractivity contribution in [2.45, 2.75) is 51.5 Å². The van der Waals surface area contributed by atoms with Crippen LogP contribution < -0.4 is 10.6 Å².